The second-order valence-electron chi connectivity index (χ2n) is 5.95. The highest BCUT2D eigenvalue weighted by molar-refractivity contribution is 5.84. The van der Waals surface area contributed by atoms with Gasteiger partial charge < -0.3 is 29.8 Å². The molecule has 26 heavy (non-hydrogen) atoms. The smallest absolute Gasteiger partial charge is 0.231 e. The predicted octanol–water partition coefficient (Wildman–Crippen LogP) is 2.70. The molecule has 2 heterocycles. The van der Waals surface area contributed by atoms with Crippen molar-refractivity contribution in [2.24, 2.45) is 0 Å². The molecule has 0 bridgehead atoms. The Morgan fingerprint density at radius 3 is 2.38 bits per heavy atom. The lowest BCUT2D eigenvalue weighted by Crippen LogP contribution is -2.07. The molecule has 1 fully saturated rings. The van der Waals surface area contributed by atoms with Crippen LogP contribution in [-0.2, 0) is 0 Å². The van der Waals surface area contributed by atoms with Gasteiger partial charge in [-0.05, 0) is 12.8 Å². The highest BCUT2D eigenvalue weighted by Gasteiger charge is 2.23. The van der Waals surface area contributed by atoms with Gasteiger partial charge in [0, 0.05) is 23.9 Å². The maximum Gasteiger partial charge on any atom is 0.231 e. The van der Waals surface area contributed by atoms with Crippen molar-refractivity contribution in [3.63, 3.8) is 0 Å². The van der Waals surface area contributed by atoms with Crippen LogP contribution in [0.5, 0.6) is 17.2 Å². The standard InChI is InChI=1S/C17H20N6O3/c1-24-11-6-10(7-12(25-2)14(11)26-3)21-17-22-15-13(18-8-19-15)16(23-17)20-9-4-5-9/h6-9H,4-5H2,1-3H3,(H3,18,19,20,21,22,23). The largest absolute Gasteiger partial charge is 0.493 e. The number of imidazole rings is 1. The molecule has 0 spiro atoms. The van der Waals surface area contributed by atoms with Crippen molar-refractivity contribution < 1.29 is 14.2 Å². The zero-order valence-corrected chi connectivity index (χ0v) is 14.8. The first kappa shape index (κ1) is 16.2. The molecule has 1 aliphatic rings. The molecule has 3 N–H and O–H groups in total. The fraction of sp³-hybridized carbons (Fsp3) is 0.353. The van der Waals surface area contributed by atoms with Crippen LogP contribution in [0.15, 0.2) is 18.5 Å². The first-order valence-corrected chi connectivity index (χ1v) is 8.26. The molecule has 0 saturated heterocycles. The summed E-state index contributed by atoms with van der Waals surface area (Å²) in [7, 11) is 4.72. The molecule has 0 amide bonds. The van der Waals surface area contributed by atoms with Crippen molar-refractivity contribution >= 4 is 28.6 Å². The summed E-state index contributed by atoms with van der Waals surface area (Å²) in [5, 5.41) is 6.59. The Bertz CT molecular complexity index is 912. The number of hydrogen-bond donors (Lipinski definition) is 3. The minimum Gasteiger partial charge on any atom is -0.493 e. The minimum absolute atomic E-state index is 0.432. The summed E-state index contributed by atoms with van der Waals surface area (Å²) in [5.41, 5.74) is 2.11. The lowest BCUT2D eigenvalue weighted by molar-refractivity contribution is 0.324. The van der Waals surface area contributed by atoms with Gasteiger partial charge in [0.1, 0.15) is 5.52 Å². The molecule has 0 atom stereocenters. The summed E-state index contributed by atoms with van der Waals surface area (Å²) in [6, 6.07) is 4.06. The SMILES string of the molecule is COc1cc(Nc2nc(NC3CC3)c3[nH]cnc3n2)cc(OC)c1OC. The fourth-order valence-corrected chi connectivity index (χ4v) is 2.70. The Kier molecular flexibility index (Phi) is 4.11. The van der Waals surface area contributed by atoms with Gasteiger partial charge in [-0.1, -0.05) is 0 Å². The average Bonchev–Trinajstić information content (AvgIpc) is 3.34. The van der Waals surface area contributed by atoms with Gasteiger partial charge in [0.2, 0.25) is 11.7 Å². The summed E-state index contributed by atoms with van der Waals surface area (Å²) in [6.45, 7) is 0. The maximum absolute atomic E-state index is 5.38. The Balaban J connectivity index is 1.70. The molecule has 0 aliphatic heterocycles. The van der Waals surface area contributed by atoms with E-state index < -0.39 is 0 Å². The fourth-order valence-electron chi connectivity index (χ4n) is 2.70. The van der Waals surface area contributed by atoms with Crippen LogP contribution in [0.4, 0.5) is 17.5 Å². The van der Waals surface area contributed by atoms with E-state index >= 15 is 0 Å². The van der Waals surface area contributed by atoms with E-state index in [0.29, 0.717) is 40.6 Å². The monoisotopic (exact) mass is 356 g/mol. The van der Waals surface area contributed by atoms with Crippen LogP contribution in [-0.4, -0.2) is 47.3 Å². The summed E-state index contributed by atoms with van der Waals surface area (Å²) in [6.07, 6.45) is 3.91. The van der Waals surface area contributed by atoms with Gasteiger partial charge in [0.25, 0.3) is 0 Å². The number of H-pyrrole nitrogens is 1. The van der Waals surface area contributed by atoms with Crippen LogP contribution >= 0.6 is 0 Å². The number of nitrogens with zero attached hydrogens (tertiary/aromatic N) is 3. The highest BCUT2D eigenvalue weighted by Crippen LogP contribution is 2.40. The van der Waals surface area contributed by atoms with Gasteiger partial charge in [-0.15, -0.1) is 0 Å². The zero-order valence-electron chi connectivity index (χ0n) is 14.8. The lowest BCUT2D eigenvalue weighted by Gasteiger charge is -2.15. The third-order valence-corrected chi connectivity index (χ3v) is 4.12. The van der Waals surface area contributed by atoms with Crippen molar-refractivity contribution in [3.05, 3.63) is 18.5 Å². The molecule has 9 heteroatoms. The Labute approximate surface area is 150 Å². The van der Waals surface area contributed by atoms with Crippen molar-refractivity contribution in [2.75, 3.05) is 32.0 Å². The topological polar surface area (TPSA) is 106 Å². The third kappa shape index (κ3) is 3.03. The van der Waals surface area contributed by atoms with Crippen LogP contribution in [0, 0.1) is 0 Å². The van der Waals surface area contributed by atoms with E-state index in [1.807, 2.05) is 0 Å². The number of methoxy groups -OCH3 is 3. The average molecular weight is 356 g/mol. The van der Waals surface area contributed by atoms with E-state index in [0.717, 1.165) is 24.2 Å². The van der Waals surface area contributed by atoms with Crippen molar-refractivity contribution in [3.8, 4) is 17.2 Å². The van der Waals surface area contributed by atoms with Crippen LogP contribution in [0.3, 0.4) is 0 Å². The minimum atomic E-state index is 0.432. The van der Waals surface area contributed by atoms with E-state index in [4.69, 9.17) is 14.2 Å². The highest BCUT2D eigenvalue weighted by atomic mass is 16.5. The predicted molar refractivity (Wildman–Crippen MR) is 97.7 cm³/mol. The van der Waals surface area contributed by atoms with Crippen molar-refractivity contribution in [2.45, 2.75) is 18.9 Å². The molecular weight excluding hydrogens is 336 g/mol. The number of hydrogen-bond acceptors (Lipinski definition) is 8. The third-order valence-electron chi connectivity index (χ3n) is 4.12. The normalized spacial score (nSPS) is 13.5. The van der Waals surface area contributed by atoms with Crippen LogP contribution < -0.4 is 24.8 Å². The second kappa shape index (κ2) is 6.58. The Hall–Kier alpha value is -3.23. The molecule has 136 valence electrons. The Morgan fingerprint density at radius 1 is 1.04 bits per heavy atom. The summed E-state index contributed by atoms with van der Waals surface area (Å²) in [5.74, 6) is 2.80. The zero-order chi connectivity index (χ0) is 18.1. The molecule has 4 rings (SSSR count). The summed E-state index contributed by atoms with van der Waals surface area (Å²) in [4.78, 5) is 16.4. The van der Waals surface area contributed by atoms with Gasteiger partial charge >= 0.3 is 0 Å². The van der Waals surface area contributed by atoms with E-state index in [-0.39, 0.29) is 0 Å². The second-order valence-corrected chi connectivity index (χ2v) is 5.95. The maximum atomic E-state index is 5.38. The van der Waals surface area contributed by atoms with Gasteiger partial charge in [-0.3, -0.25) is 0 Å². The number of aromatic amines is 1. The molecule has 9 nitrogen and oxygen atoms in total. The van der Waals surface area contributed by atoms with Crippen molar-refractivity contribution in [1.82, 2.24) is 19.9 Å². The van der Waals surface area contributed by atoms with Gasteiger partial charge in [-0.25, -0.2) is 4.98 Å². The quantitative estimate of drug-likeness (QED) is 0.593. The first-order valence-electron chi connectivity index (χ1n) is 8.26. The number of rotatable bonds is 7. The molecule has 2 aromatic heterocycles. The summed E-state index contributed by atoms with van der Waals surface area (Å²) < 4.78 is 16.1. The van der Waals surface area contributed by atoms with Crippen LogP contribution in [0.2, 0.25) is 0 Å². The Morgan fingerprint density at radius 2 is 1.77 bits per heavy atom. The molecule has 1 aromatic carbocycles. The molecule has 0 unspecified atom stereocenters. The number of aromatic nitrogens is 4. The number of benzene rings is 1. The van der Waals surface area contributed by atoms with E-state index in [2.05, 4.69) is 30.6 Å². The van der Waals surface area contributed by atoms with E-state index in [9.17, 15) is 0 Å². The van der Waals surface area contributed by atoms with E-state index in [1.54, 1.807) is 39.8 Å². The van der Waals surface area contributed by atoms with Crippen molar-refractivity contribution in [1.29, 1.82) is 0 Å². The van der Waals surface area contributed by atoms with Gasteiger partial charge in [-0.2, -0.15) is 9.97 Å². The number of ether oxygens (including phenoxy) is 3. The number of nitrogens with one attached hydrogen (secondary N) is 3. The molecule has 3 aromatic rings. The van der Waals surface area contributed by atoms with E-state index in [1.165, 1.54) is 0 Å². The number of anilines is 3. The molecular formula is C17H20N6O3. The van der Waals surface area contributed by atoms with Crippen LogP contribution in [0.25, 0.3) is 11.2 Å². The van der Waals surface area contributed by atoms with Crippen LogP contribution in [0.1, 0.15) is 12.8 Å². The summed E-state index contributed by atoms with van der Waals surface area (Å²) >= 11 is 0. The molecule has 1 aliphatic carbocycles. The van der Waals surface area contributed by atoms with Gasteiger partial charge in [0.15, 0.2) is 23.0 Å². The lowest BCUT2D eigenvalue weighted by atomic mass is 10.2. The number of fused-ring (bicyclic) bond motifs is 1. The molecule has 0 radical (unpaired) electrons. The molecule has 1 saturated carbocycles. The van der Waals surface area contributed by atoms with Gasteiger partial charge in [0.05, 0.1) is 27.7 Å². The first-order chi connectivity index (χ1) is 12.7.